The van der Waals surface area contributed by atoms with Gasteiger partial charge in [-0.25, -0.2) is 8.42 Å². The van der Waals surface area contributed by atoms with Crippen molar-refractivity contribution >= 4 is 42.9 Å². The molecule has 0 aliphatic carbocycles. The fourth-order valence-electron chi connectivity index (χ4n) is 1.71. The molecule has 0 amide bonds. The van der Waals surface area contributed by atoms with Crippen LogP contribution in [0, 0.1) is 0 Å². The van der Waals surface area contributed by atoms with Gasteiger partial charge >= 0.3 is 6.18 Å². The number of rotatable bonds is 2. The molecule has 0 saturated heterocycles. The molecule has 0 fully saturated rings. The van der Waals surface area contributed by atoms with Gasteiger partial charge in [0.2, 0.25) is 0 Å². The number of nitrogens with zero attached hydrogens (tertiary/aromatic N) is 1. The van der Waals surface area contributed by atoms with Crippen molar-refractivity contribution in [2.24, 2.45) is 0 Å². The Labute approximate surface area is 132 Å². The molecular weight excluding hydrogens is 374 g/mol. The molecule has 0 spiro atoms. The molecule has 3 nitrogen and oxygen atoms in total. The molecule has 2 aromatic rings. The lowest BCUT2D eigenvalue weighted by atomic mass is 10.2. The third kappa shape index (κ3) is 3.31. The molecule has 1 aromatic carbocycles. The van der Waals surface area contributed by atoms with Crippen LogP contribution in [0.4, 0.5) is 13.2 Å². The summed E-state index contributed by atoms with van der Waals surface area (Å²) in [4.78, 5) is 0. The summed E-state index contributed by atoms with van der Waals surface area (Å²) in [6.07, 6.45) is -3.35. The Bertz CT molecular complexity index is 776. The fraction of sp³-hybridized carbons (Fsp3) is 0.0909. The first kappa shape index (κ1) is 16.5. The lowest BCUT2D eigenvalue weighted by Crippen LogP contribution is -2.08. The standard InChI is InChI=1S/C11H5Cl3F3NO2S/c12-7-4-6(11(15,16)17)5-8(13)10(7)18-3-1-2-9(18)21(14,19)20/h1-5H. The van der Waals surface area contributed by atoms with Crippen LogP contribution in [0.3, 0.4) is 0 Å². The van der Waals surface area contributed by atoms with Crippen molar-refractivity contribution in [3.63, 3.8) is 0 Å². The number of aromatic nitrogens is 1. The molecule has 0 saturated carbocycles. The van der Waals surface area contributed by atoms with E-state index in [1.165, 1.54) is 18.3 Å². The summed E-state index contributed by atoms with van der Waals surface area (Å²) in [5, 5.41) is -1.06. The highest BCUT2D eigenvalue weighted by molar-refractivity contribution is 8.13. The molecule has 0 aliphatic heterocycles. The maximum atomic E-state index is 12.6. The molecule has 2 rings (SSSR count). The van der Waals surface area contributed by atoms with Crippen molar-refractivity contribution in [1.82, 2.24) is 4.57 Å². The third-order valence-electron chi connectivity index (χ3n) is 2.55. The number of alkyl halides is 3. The monoisotopic (exact) mass is 377 g/mol. The predicted octanol–water partition coefficient (Wildman–Crippen LogP) is 4.73. The number of halogens is 6. The van der Waals surface area contributed by atoms with Gasteiger partial charge in [0.05, 0.1) is 21.3 Å². The second-order valence-corrected chi connectivity index (χ2v) is 7.27. The zero-order chi connectivity index (χ0) is 16.0. The van der Waals surface area contributed by atoms with Gasteiger partial charge in [0, 0.05) is 16.9 Å². The van der Waals surface area contributed by atoms with Crippen LogP contribution in [0.5, 0.6) is 0 Å². The maximum Gasteiger partial charge on any atom is 0.416 e. The Morgan fingerprint density at radius 3 is 2.05 bits per heavy atom. The van der Waals surface area contributed by atoms with Gasteiger partial charge in [0.25, 0.3) is 9.05 Å². The number of hydrogen-bond acceptors (Lipinski definition) is 2. The molecule has 21 heavy (non-hydrogen) atoms. The van der Waals surface area contributed by atoms with Crippen LogP contribution >= 0.6 is 33.9 Å². The Balaban J connectivity index is 2.70. The van der Waals surface area contributed by atoms with Gasteiger partial charge in [-0.15, -0.1) is 0 Å². The molecular formula is C11H5Cl3F3NO2S. The zero-order valence-electron chi connectivity index (χ0n) is 9.83. The lowest BCUT2D eigenvalue weighted by molar-refractivity contribution is -0.137. The van der Waals surface area contributed by atoms with E-state index in [1.54, 1.807) is 0 Å². The van der Waals surface area contributed by atoms with E-state index in [-0.39, 0.29) is 20.8 Å². The number of benzene rings is 1. The van der Waals surface area contributed by atoms with E-state index in [4.69, 9.17) is 33.9 Å². The highest BCUT2D eigenvalue weighted by Crippen LogP contribution is 2.38. The molecule has 0 atom stereocenters. The van der Waals surface area contributed by atoms with Crippen molar-refractivity contribution in [1.29, 1.82) is 0 Å². The van der Waals surface area contributed by atoms with E-state index < -0.39 is 20.8 Å². The summed E-state index contributed by atoms with van der Waals surface area (Å²) in [5.74, 6) is 0. The van der Waals surface area contributed by atoms with Gasteiger partial charge in [0.15, 0.2) is 5.03 Å². The van der Waals surface area contributed by atoms with Gasteiger partial charge in [-0.2, -0.15) is 13.2 Å². The predicted molar refractivity (Wildman–Crippen MR) is 73.8 cm³/mol. The molecule has 0 aliphatic rings. The Hall–Kier alpha value is -0.890. The largest absolute Gasteiger partial charge is 0.416 e. The minimum absolute atomic E-state index is 0.101. The van der Waals surface area contributed by atoms with Crippen LogP contribution in [0.1, 0.15) is 5.56 Å². The number of hydrogen-bond donors (Lipinski definition) is 0. The molecule has 0 unspecified atom stereocenters. The van der Waals surface area contributed by atoms with Crippen molar-refractivity contribution in [2.75, 3.05) is 0 Å². The van der Waals surface area contributed by atoms with Crippen LogP contribution in [-0.4, -0.2) is 13.0 Å². The summed E-state index contributed by atoms with van der Waals surface area (Å²) >= 11 is 11.6. The molecule has 1 aromatic heterocycles. The minimum Gasteiger partial charge on any atom is -0.304 e. The zero-order valence-corrected chi connectivity index (χ0v) is 12.9. The second-order valence-electron chi connectivity index (χ2n) is 3.94. The maximum absolute atomic E-state index is 12.6. The minimum atomic E-state index is -4.62. The SMILES string of the molecule is O=S(=O)(Cl)c1cccn1-c1c(Cl)cc(C(F)(F)F)cc1Cl. The van der Waals surface area contributed by atoms with Gasteiger partial charge in [-0.1, -0.05) is 23.2 Å². The summed E-state index contributed by atoms with van der Waals surface area (Å²) in [6.45, 7) is 0. The van der Waals surface area contributed by atoms with Crippen LogP contribution in [0.25, 0.3) is 5.69 Å². The molecule has 0 N–H and O–H groups in total. The van der Waals surface area contributed by atoms with E-state index in [0.717, 1.165) is 4.57 Å². The second kappa shape index (κ2) is 5.39. The first-order valence-electron chi connectivity index (χ1n) is 5.20. The van der Waals surface area contributed by atoms with E-state index >= 15 is 0 Å². The van der Waals surface area contributed by atoms with Crippen LogP contribution < -0.4 is 0 Å². The summed E-state index contributed by atoms with van der Waals surface area (Å²) < 4.78 is 61.8. The van der Waals surface area contributed by atoms with Gasteiger partial charge in [0.1, 0.15) is 0 Å². The van der Waals surface area contributed by atoms with Crippen molar-refractivity contribution < 1.29 is 21.6 Å². The lowest BCUT2D eigenvalue weighted by Gasteiger charge is -2.14. The van der Waals surface area contributed by atoms with E-state index in [0.29, 0.717) is 12.1 Å². The first-order chi connectivity index (χ1) is 9.51. The van der Waals surface area contributed by atoms with Crippen LogP contribution in [0.15, 0.2) is 35.5 Å². The normalized spacial score (nSPS) is 12.7. The molecule has 1 heterocycles. The summed E-state index contributed by atoms with van der Waals surface area (Å²) in [6, 6.07) is 3.84. The van der Waals surface area contributed by atoms with Gasteiger partial charge in [-0.05, 0) is 24.3 Å². The third-order valence-corrected chi connectivity index (χ3v) is 4.43. The average Bonchev–Trinajstić information content (AvgIpc) is 2.75. The Kier molecular flexibility index (Phi) is 4.23. The van der Waals surface area contributed by atoms with Gasteiger partial charge in [-0.3, -0.25) is 0 Å². The summed E-state index contributed by atoms with van der Waals surface area (Å²) in [5.41, 5.74) is -1.14. The average molecular weight is 379 g/mol. The van der Waals surface area contributed by atoms with E-state index in [2.05, 4.69) is 0 Å². The molecule has 0 bridgehead atoms. The van der Waals surface area contributed by atoms with E-state index in [1.807, 2.05) is 0 Å². The van der Waals surface area contributed by atoms with Crippen LogP contribution in [0.2, 0.25) is 10.0 Å². The van der Waals surface area contributed by atoms with Crippen molar-refractivity contribution in [2.45, 2.75) is 11.2 Å². The first-order valence-corrected chi connectivity index (χ1v) is 8.27. The molecule has 114 valence electrons. The van der Waals surface area contributed by atoms with Gasteiger partial charge < -0.3 is 4.57 Å². The van der Waals surface area contributed by atoms with Crippen LogP contribution in [-0.2, 0) is 15.2 Å². The topological polar surface area (TPSA) is 39.1 Å². The van der Waals surface area contributed by atoms with Crippen molar-refractivity contribution in [3.05, 3.63) is 46.1 Å². The quantitative estimate of drug-likeness (QED) is 0.709. The Morgan fingerprint density at radius 2 is 1.62 bits per heavy atom. The van der Waals surface area contributed by atoms with Crippen molar-refractivity contribution in [3.8, 4) is 5.69 Å². The van der Waals surface area contributed by atoms with E-state index in [9.17, 15) is 21.6 Å². The Morgan fingerprint density at radius 1 is 1.10 bits per heavy atom. The molecule has 10 heteroatoms. The smallest absolute Gasteiger partial charge is 0.304 e. The highest BCUT2D eigenvalue weighted by atomic mass is 35.7. The molecule has 0 radical (unpaired) electrons. The summed E-state index contributed by atoms with van der Waals surface area (Å²) in [7, 11) is 1.13. The highest BCUT2D eigenvalue weighted by Gasteiger charge is 2.32. The fourth-order valence-corrected chi connectivity index (χ4v) is 3.38.